The van der Waals surface area contributed by atoms with Crippen LogP contribution >= 0.6 is 0 Å². The lowest BCUT2D eigenvalue weighted by Gasteiger charge is -2.38. The van der Waals surface area contributed by atoms with E-state index in [4.69, 9.17) is 0 Å². The monoisotopic (exact) mass is 314 g/mol. The zero-order valence-corrected chi connectivity index (χ0v) is 13.6. The molecule has 1 saturated heterocycles. The summed E-state index contributed by atoms with van der Waals surface area (Å²) in [5.74, 6) is 0.873. The second-order valence-corrected chi connectivity index (χ2v) is 8.82. The number of hydrogen-bond acceptors (Lipinski definition) is 3. The van der Waals surface area contributed by atoms with E-state index in [1.54, 1.807) is 0 Å². The van der Waals surface area contributed by atoms with Gasteiger partial charge in [-0.05, 0) is 50.9 Å². The Labute approximate surface area is 127 Å². The number of sulfonamides is 1. The minimum atomic E-state index is -3.15. The van der Waals surface area contributed by atoms with Crippen molar-refractivity contribution in [3.05, 3.63) is 0 Å². The van der Waals surface area contributed by atoms with Crippen molar-refractivity contribution in [1.82, 2.24) is 9.62 Å². The number of amides is 1. The topological polar surface area (TPSA) is 66.5 Å². The fourth-order valence-corrected chi connectivity index (χ4v) is 4.79. The summed E-state index contributed by atoms with van der Waals surface area (Å²) < 4.78 is 26.8. The molecule has 2 unspecified atom stereocenters. The van der Waals surface area contributed by atoms with Crippen molar-refractivity contribution in [3.63, 3.8) is 0 Å². The SMILES string of the molecule is CCC1CCCN(C(CNS(=O)(=O)C2CC2)C2CC2)C1=O. The molecule has 6 heteroatoms. The van der Waals surface area contributed by atoms with Crippen LogP contribution in [-0.2, 0) is 14.8 Å². The maximum absolute atomic E-state index is 12.5. The maximum Gasteiger partial charge on any atom is 0.225 e. The molecule has 1 aliphatic heterocycles. The van der Waals surface area contributed by atoms with Gasteiger partial charge < -0.3 is 4.90 Å². The van der Waals surface area contributed by atoms with Gasteiger partial charge in [0, 0.05) is 25.0 Å². The van der Waals surface area contributed by atoms with E-state index in [0.717, 1.165) is 51.5 Å². The third kappa shape index (κ3) is 3.42. The lowest BCUT2D eigenvalue weighted by molar-refractivity contribution is -0.141. The molecule has 5 nitrogen and oxygen atoms in total. The van der Waals surface area contributed by atoms with Gasteiger partial charge in [-0.3, -0.25) is 4.79 Å². The number of nitrogens with zero attached hydrogens (tertiary/aromatic N) is 1. The number of piperidine rings is 1. The summed E-state index contributed by atoms with van der Waals surface area (Å²) in [6.45, 7) is 3.27. The summed E-state index contributed by atoms with van der Waals surface area (Å²) in [4.78, 5) is 14.5. The van der Waals surface area contributed by atoms with E-state index >= 15 is 0 Å². The third-order valence-electron chi connectivity index (χ3n) is 5.10. The minimum Gasteiger partial charge on any atom is -0.338 e. The normalized spacial score (nSPS) is 28.7. The molecule has 1 amide bonds. The smallest absolute Gasteiger partial charge is 0.225 e. The minimum absolute atomic E-state index is 0.0698. The molecule has 0 bridgehead atoms. The molecule has 0 spiro atoms. The predicted molar refractivity (Wildman–Crippen MR) is 81.2 cm³/mol. The molecule has 3 aliphatic rings. The van der Waals surface area contributed by atoms with E-state index in [-0.39, 0.29) is 23.1 Å². The Morgan fingerprint density at radius 2 is 1.95 bits per heavy atom. The molecule has 0 radical (unpaired) electrons. The Kier molecular flexibility index (Phi) is 4.28. The van der Waals surface area contributed by atoms with Gasteiger partial charge in [-0.15, -0.1) is 0 Å². The van der Waals surface area contributed by atoms with Crippen molar-refractivity contribution in [2.75, 3.05) is 13.1 Å². The Balaban J connectivity index is 1.65. The van der Waals surface area contributed by atoms with Gasteiger partial charge in [-0.25, -0.2) is 13.1 Å². The number of nitrogens with one attached hydrogen (secondary N) is 1. The molecule has 3 fully saturated rings. The van der Waals surface area contributed by atoms with Crippen LogP contribution in [0.3, 0.4) is 0 Å². The molecule has 120 valence electrons. The van der Waals surface area contributed by atoms with Crippen molar-refractivity contribution in [2.45, 2.75) is 63.2 Å². The quantitative estimate of drug-likeness (QED) is 0.774. The van der Waals surface area contributed by atoms with Gasteiger partial charge in [0.1, 0.15) is 0 Å². The number of hydrogen-bond donors (Lipinski definition) is 1. The van der Waals surface area contributed by atoms with Crippen LogP contribution in [0, 0.1) is 11.8 Å². The van der Waals surface area contributed by atoms with Crippen molar-refractivity contribution in [1.29, 1.82) is 0 Å². The first kappa shape index (κ1) is 15.3. The fraction of sp³-hybridized carbons (Fsp3) is 0.933. The zero-order valence-electron chi connectivity index (χ0n) is 12.8. The fourth-order valence-electron chi connectivity index (χ4n) is 3.39. The molecule has 0 aromatic carbocycles. The summed E-state index contributed by atoms with van der Waals surface area (Å²) >= 11 is 0. The van der Waals surface area contributed by atoms with Crippen LogP contribution in [0.25, 0.3) is 0 Å². The van der Waals surface area contributed by atoms with E-state index in [1.807, 2.05) is 4.90 Å². The molecule has 0 aromatic heterocycles. The number of rotatable bonds is 7. The first-order valence-corrected chi connectivity index (χ1v) is 9.86. The van der Waals surface area contributed by atoms with Crippen molar-refractivity contribution < 1.29 is 13.2 Å². The van der Waals surface area contributed by atoms with Crippen LogP contribution in [0.5, 0.6) is 0 Å². The van der Waals surface area contributed by atoms with E-state index in [9.17, 15) is 13.2 Å². The first-order valence-electron chi connectivity index (χ1n) is 8.32. The van der Waals surface area contributed by atoms with Crippen molar-refractivity contribution >= 4 is 15.9 Å². The van der Waals surface area contributed by atoms with Crippen LogP contribution in [0.2, 0.25) is 0 Å². The van der Waals surface area contributed by atoms with Gasteiger partial charge in [0.2, 0.25) is 15.9 Å². The van der Waals surface area contributed by atoms with E-state index < -0.39 is 10.0 Å². The molecule has 2 saturated carbocycles. The number of carbonyl (C=O) groups is 1. The molecule has 2 atom stereocenters. The van der Waals surface area contributed by atoms with Crippen LogP contribution in [0.1, 0.15) is 51.9 Å². The molecular weight excluding hydrogens is 288 g/mol. The highest BCUT2D eigenvalue weighted by molar-refractivity contribution is 7.90. The largest absolute Gasteiger partial charge is 0.338 e. The molecular formula is C15H26N2O3S. The van der Waals surface area contributed by atoms with Crippen LogP contribution in [0.4, 0.5) is 0 Å². The molecule has 21 heavy (non-hydrogen) atoms. The van der Waals surface area contributed by atoms with E-state index in [1.165, 1.54) is 0 Å². The van der Waals surface area contributed by atoms with E-state index in [0.29, 0.717) is 12.5 Å². The van der Waals surface area contributed by atoms with Crippen molar-refractivity contribution in [3.8, 4) is 0 Å². The Morgan fingerprint density at radius 3 is 2.52 bits per heavy atom. The summed E-state index contributed by atoms with van der Waals surface area (Å²) in [7, 11) is -3.15. The Hall–Kier alpha value is -0.620. The Morgan fingerprint density at radius 1 is 1.24 bits per heavy atom. The summed E-state index contributed by atoms with van der Waals surface area (Å²) in [6.07, 6.45) is 6.72. The average molecular weight is 314 g/mol. The standard InChI is InChI=1S/C15H26N2O3S/c1-2-11-4-3-9-17(15(11)18)14(12-5-6-12)10-16-21(19,20)13-7-8-13/h11-14,16H,2-10H2,1H3. The van der Waals surface area contributed by atoms with Gasteiger partial charge in [0.25, 0.3) is 0 Å². The first-order chi connectivity index (χ1) is 10.0. The van der Waals surface area contributed by atoms with E-state index in [2.05, 4.69) is 11.6 Å². The average Bonchev–Trinajstić information content (AvgIpc) is 3.30. The lowest BCUT2D eigenvalue weighted by atomic mass is 9.92. The number of carbonyl (C=O) groups excluding carboxylic acids is 1. The van der Waals surface area contributed by atoms with Gasteiger partial charge in [-0.1, -0.05) is 6.92 Å². The van der Waals surface area contributed by atoms with Crippen LogP contribution in [-0.4, -0.2) is 43.6 Å². The van der Waals surface area contributed by atoms with Gasteiger partial charge >= 0.3 is 0 Å². The zero-order chi connectivity index (χ0) is 15.0. The molecule has 1 N–H and O–H groups in total. The van der Waals surface area contributed by atoms with Crippen molar-refractivity contribution in [2.24, 2.45) is 11.8 Å². The summed E-state index contributed by atoms with van der Waals surface area (Å²) in [5.41, 5.74) is 0. The molecule has 0 aromatic rings. The highest BCUT2D eigenvalue weighted by atomic mass is 32.2. The van der Waals surface area contributed by atoms with Crippen LogP contribution in [0.15, 0.2) is 0 Å². The van der Waals surface area contributed by atoms with Crippen LogP contribution < -0.4 is 4.72 Å². The molecule has 1 heterocycles. The highest BCUT2D eigenvalue weighted by Gasteiger charge is 2.42. The summed E-state index contributed by atoms with van der Waals surface area (Å²) in [5, 5.41) is -0.183. The van der Waals surface area contributed by atoms with Gasteiger partial charge in [0.15, 0.2) is 0 Å². The molecule has 3 rings (SSSR count). The summed E-state index contributed by atoms with van der Waals surface area (Å²) in [6, 6.07) is 0.0698. The van der Waals surface area contributed by atoms with Gasteiger partial charge in [0.05, 0.1) is 5.25 Å². The highest BCUT2D eigenvalue weighted by Crippen LogP contribution is 2.37. The second-order valence-electron chi connectivity index (χ2n) is 6.78. The lowest BCUT2D eigenvalue weighted by Crippen LogP contribution is -2.52. The third-order valence-corrected chi connectivity index (χ3v) is 7.02. The molecule has 2 aliphatic carbocycles. The number of likely N-dealkylation sites (tertiary alicyclic amines) is 1. The predicted octanol–water partition coefficient (Wildman–Crippen LogP) is 1.50. The Bertz CT molecular complexity index is 497. The second kappa shape index (κ2) is 5.88. The maximum atomic E-state index is 12.5. The van der Waals surface area contributed by atoms with Gasteiger partial charge in [-0.2, -0.15) is 0 Å².